The van der Waals surface area contributed by atoms with Gasteiger partial charge in [-0.05, 0) is 48.9 Å². The van der Waals surface area contributed by atoms with Gasteiger partial charge in [-0.15, -0.1) is 11.8 Å². The van der Waals surface area contributed by atoms with Gasteiger partial charge in [-0.1, -0.05) is 34.1 Å². The third-order valence-electron chi connectivity index (χ3n) is 8.49. The molecule has 1 spiro atoms. The van der Waals surface area contributed by atoms with Crippen LogP contribution in [0.2, 0.25) is 0 Å². The Balaban J connectivity index is 1.76. The molecule has 3 aliphatic heterocycles. The van der Waals surface area contributed by atoms with Crippen molar-refractivity contribution in [1.82, 2.24) is 10.2 Å². The lowest BCUT2D eigenvalue weighted by Gasteiger charge is -2.41. The summed E-state index contributed by atoms with van der Waals surface area (Å²) in [6, 6.07) is 5.81. The van der Waals surface area contributed by atoms with Crippen LogP contribution in [0.15, 0.2) is 24.3 Å². The summed E-state index contributed by atoms with van der Waals surface area (Å²) in [5, 5.41) is 16.4. The van der Waals surface area contributed by atoms with Gasteiger partial charge in [0, 0.05) is 17.5 Å². The fourth-order valence-electron chi connectivity index (χ4n) is 6.48. The van der Waals surface area contributed by atoms with Crippen LogP contribution in [0.5, 0.6) is 5.75 Å². The molecular weight excluding hydrogens is 478 g/mol. The maximum Gasteiger partial charge on any atom is 0.248 e. The highest BCUT2D eigenvalue weighted by molar-refractivity contribution is 8.02. The van der Waals surface area contributed by atoms with E-state index in [0.717, 1.165) is 19.3 Å². The zero-order valence-corrected chi connectivity index (χ0v) is 22.6. The minimum absolute atomic E-state index is 0.000387. The number of anilines is 1. The summed E-state index contributed by atoms with van der Waals surface area (Å²) in [5.41, 5.74) is 0.611. The largest absolute Gasteiger partial charge is 0.497 e. The number of aliphatic hydroxyl groups is 1. The van der Waals surface area contributed by atoms with Crippen molar-refractivity contribution in [3.63, 3.8) is 0 Å². The van der Waals surface area contributed by atoms with Crippen molar-refractivity contribution in [3.05, 3.63) is 24.3 Å². The number of hydrogen-bond acceptors (Lipinski definition) is 6. The van der Waals surface area contributed by atoms with E-state index in [4.69, 9.17) is 4.74 Å². The molecule has 1 aromatic carbocycles. The van der Waals surface area contributed by atoms with Gasteiger partial charge in [0.1, 0.15) is 11.8 Å². The Kier molecular flexibility index (Phi) is 7.90. The van der Waals surface area contributed by atoms with Crippen molar-refractivity contribution in [2.24, 2.45) is 23.7 Å². The SMILES string of the molecule is CCCNC(=O)[C@@H]1[C@H]2C(=O)N([C@@H](CO)[C@@H](C)CC)C(C(=O)Nc3ccc(OC)cc3)C23S[C@@H]1CC3C. The first kappa shape index (κ1) is 26.8. The van der Waals surface area contributed by atoms with E-state index in [-0.39, 0.29) is 41.4 Å². The van der Waals surface area contributed by atoms with E-state index in [0.29, 0.717) is 18.0 Å². The second-order valence-electron chi connectivity index (χ2n) is 10.4. The number of fused-ring (bicyclic) bond motifs is 1. The van der Waals surface area contributed by atoms with Crippen LogP contribution in [0.1, 0.15) is 47.0 Å². The lowest BCUT2D eigenvalue weighted by molar-refractivity contribution is -0.143. The first-order chi connectivity index (χ1) is 17.2. The number of thioether (sulfide) groups is 1. The second-order valence-corrected chi connectivity index (χ2v) is 12.0. The molecule has 3 aliphatic rings. The molecule has 9 heteroatoms. The second kappa shape index (κ2) is 10.6. The first-order valence-electron chi connectivity index (χ1n) is 13.1. The third-order valence-corrected chi connectivity index (χ3v) is 10.6. The zero-order valence-electron chi connectivity index (χ0n) is 21.8. The molecule has 3 N–H and O–H groups in total. The summed E-state index contributed by atoms with van der Waals surface area (Å²) < 4.78 is 4.51. The Morgan fingerprint density at radius 3 is 2.53 bits per heavy atom. The third kappa shape index (κ3) is 4.18. The van der Waals surface area contributed by atoms with E-state index in [1.807, 2.05) is 20.8 Å². The maximum atomic E-state index is 14.2. The highest BCUT2D eigenvalue weighted by Gasteiger charge is 2.76. The monoisotopic (exact) mass is 517 g/mol. The maximum absolute atomic E-state index is 14.2. The number of hydrogen-bond donors (Lipinski definition) is 3. The summed E-state index contributed by atoms with van der Waals surface area (Å²) in [7, 11) is 1.58. The molecule has 8 nitrogen and oxygen atoms in total. The summed E-state index contributed by atoms with van der Waals surface area (Å²) in [5.74, 6) is -0.849. The number of methoxy groups -OCH3 is 1. The normalized spacial score (nSPS) is 32.2. The molecule has 36 heavy (non-hydrogen) atoms. The van der Waals surface area contributed by atoms with E-state index in [1.165, 1.54) is 0 Å². The minimum Gasteiger partial charge on any atom is -0.497 e. The average Bonchev–Trinajstić information content (AvgIpc) is 3.47. The van der Waals surface area contributed by atoms with Crippen LogP contribution in [0.4, 0.5) is 5.69 Å². The molecule has 3 unspecified atom stereocenters. The van der Waals surface area contributed by atoms with Crippen LogP contribution in [-0.4, -0.2) is 70.1 Å². The van der Waals surface area contributed by atoms with Crippen molar-refractivity contribution < 1.29 is 24.2 Å². The van der Waals surface area contributed by atoms with E-state index in [2.05, 4.69) is 17.6 Å². The average molecular weight is 518 g/mol. The number of nitrogens with one attached hydrogen (secondary N) is 2. The number of carbonyl (C=O) groups is 3. The fourth-order valence-corrected chi connectivity index (χ4v) is 8.89. The molecule has 3 heterocycles. The smallest absolute Gasteiger partial charge is 0.248 e. The standard InChI is InChI=1S/C27H39N3O5S/c1-6-12-28-24(32)21-20-13-16(4)27(36-20)22(21)26(34)30(19(14-31)15(3)7-2)23(27)25(33)29-17-8-10-18(35-5)11-9-17/h8-11,15-16,19-23,31H,6-7,12-14H2,1-5H3,(H,28,32)(H,29,33)/t15-,16?,19-,20+,21-,22-,23?,27?/m0/s1. The van der Waals surface area contributed by atoms with Crippen molar-refractivity contribution in [1.29, 1.82) is 0 Å². The molecule has 0 saturated carbocycles. The number of rotatable bonds is 10. The Morgan fingerprint density at radius 1 is 1.25 bits per heavy atom. The molecule has 3 saturated heterocycles. The highest BCUT2D eigenvalue weighted by Crippen LogP contribution is 2.69. The minimum atomic E-state index is -0.780. The van der Waals surface area contributed by atoms with Gasteiger partial charge in [0.05, 0.1) is 36.3 Å². The highest BCUT2D eigenvalue weighted by atomic mass is 32.2. The van der Waals surface area contributed by atoms with Crippen LogP contribution in [-0.2, 0) is 14.4 Å². The molecule has 3 amide bonds. The van der Waals surface area contributed by atoms with Gasteiger partial charge in [0.15, 0.2) is 0 Å². The molecule has 0 aliphatic carbocycles. The van der Waals surface area contributed by atoms with E-state index in [1.54, 1.807) is 48.0 Å². The van der Waals surface area contributed by atoms with Gasteiger partial charge in [-0.25, -0.2) is 0 Å². The summed E-state index contributed by atoms with van der Waals surface area (Å²) >= 11 is 1.65. The van der Waals surface area contributed by atoms with E-state index in [9.17, 15) is 19.5 Å². The van der Waals surface area contributed by atoms with Crippen LogP contribution < -0.4 is 15.4 Å². The lowest BCUT2D eigenvalue weighted by atomic mass is 9.66. The van der Waals surface area contributed by atoms with Gasteiger partial charge in [-0.3, -0.25) is 14.4 Å². The Labute approximate surface area is 217 Å². The molecular formula is C27H39N3O5S. The van der Waals surface area contributed by atoms with E-state index >= 15 is 0 Å². The van der Waals surface area contributed by atoms with Crippen LogP contribution >= 0.6 is 11.8 Å². The van der Waals surface area contributed by atoms with Gasteiger partial charge in [0.2, 0.25) is 17.7 Å². The summed E-state index contributed by atoms with van der Waals surface area (Å²) in [4.78, 5) is 43.2. The molecule has 198 valence electrons. The van der Waals surface area contributed by atoms with Crippen LogP contribution in [0.25, 0.3) is 0 Å². The van der Waals surface area contributed by atoms with E-state index < -0.39 is 28.7 Å². The molecule has 4 rings (SSSR count). The predicted molar refractivity (Wildman–Crippen MR) is 141 cm³/mol. The number of likely N-dealkylation sites (tertiary alicyclic amines) is 1. The lowest BCUT2D eigenvalue weighted by Crippen LogP contribution is -2.58. The Morgan fingerprint density at radius 2 is 1.94 bits per heavy atom. The summed E-state index contributed by atoms with van der Waals surface area (Å²) in [6.07, 6.45) is 2.35. The predicted octanol–water partition coefficient (Wildman–Crippen LogP) is 2.90. The number of amides is 3. The molecule has 2 bridgehead atoms. The number of ether oxygens (including phenoxy) is 1. The van der Waals surface area contributed by atoms with Crippen molar-refractivity contribution in [3.8, 4) is 5.75 Å². The number of nitrogens with zero attached hydrogens (tertiary/aromatic N) is 1. The van der Waals surface area contributed by atoms with Crippen molar-refractivity contribution in [2.45, 2.75) is 69.0 Å². The first-order valence-corrected chi connectivity index (χ1v) is 14.0. The number of carbonyl (C=O) groups excluding carboxylic acids is 3. The molecule has 1 aromatic rings. The molecule has 3 fully saturated rings. The summed E-state index contributed by atoms with van der Waals surface area (Å²) in [6.45, 7) is 8.45. The van der Waals surface area contributed by atoms with Gasteiger partial charge >= 0.3 is 0 Å². The quantitative estimate of drug-likeness (QED) is 0.441. The van der Waals surface area contributed by atoms with Crippen LogP contribution in [0, 0.1) is 23.7 Å². The van der Waals surface area contributed by atoms with Gasteiger partial charge < -0.3 is 25.4 Å². The number of aliphatic hydroxyl groups excluding tert-OH is 1. The van der Waals surface area contributed by atoms with Crippen molar-refractivity contribution >= 4 is 35.2 Å². The Hall–Kier alpha value is -2.26. The zero-order chi connectivity index (χ0) is 26.2. The Bertz CT molecular complexity index is 988. The topological polar surface area (TPSA) is 108 Å². The van der Waals surface area contributed by atoms with Gasteiger partial charge in [0.25, 0.3) is 0 Å². The molecule has 8 atom stereocenters. The number of benzene rings is 1. The van der Waals surface area contributed by atoms with Gasteiger partial charge in [-0.2, -0.15) is 0 Å². The molecule has 0 radical (unpaired) electrons. The van der Waals surface area contributed by atoms with Crippen molar-refractivity contribution in [2.75, 3.05) is 25.6 Å². The fraction of sp³-hybridized carbons (Fsp3) is 0.667. The van der Waals surface area contributed by atoms with Crippen LogP contribution in [0.3, 0.4) is 0 Å². The molecule has 0 aromatic heterocycles.